The van der Waals surface area contributed by atoms with Gasteiger partial charge in [-0.15, -0.1) is 0 Å². The third-order valence-corrected chi connectivity index (χ3v) is 16.2. The molecular weight excluding hydrogens is 781 g/mol. The molecule has 0 heterocycles. The average Bonchev–Trinajstić information content (AvgIpc) is 3.24. The van der Waals surface area contributed by atoms with Gasteiger partial charge in [0, 0.05) is 0 Å². The maximum Gasteiger partial charge on any atom is -0.0533 e. The minimum absolute atomic E-state index is 1.50. The van der Waals surface area contributed by atoms with Crippen molar-refractivity contribution in [2.24, 2.45) is 0 Å². The van der Waals surface area contributed by atoms with Crippen molar-refractivity contribution in [3.8, 4) is 0 Å². The van der Waals surface area contributed by atoms with Crippen molar-refractivity contribution in [1.29, 1.82) is 0 Å². The highest BCUT2D eigenvalue weighted by molar-refractivity contribution is 4.56. The zero-order valence-electron chi connectivity index (χ0n) is 46.0. The number of hydrogen-bond donors (Lipinski definition) is 0. The largest absolute Gasteiger partial charge is 0.0533 e. The molecule has 0 aromatic heterocycles. The SMILES string of the molecule is C1CCC1.C1CCC1.C1CCC1.C1CCC1.C1CCCCCCCCCCCC1.C1CCCCCCCCCCCCCCC1.C1CCCCCCCCCCCCCCCCCCC1. The molecule has 0 heteroatoms. The highest BCUT2D eigenvalue weighted by atomic mass is 14.1. The second-order valence-corrected chi connectivity index (χ2v) is 23.0. The lowest BCUT2D eigenvalue weighted by Crippen LogP contribution is -1.85. The van der Waals surface area contributed by atoms with Crippen LogP contribution in [0.25, 0.3) is 0 Å². The van der Waals surface area contributed by atoms with Crippen LogP contribution >= 0.6 is 0 Å². The lowest BCUT2D eigenvalue weighted by atomic mass is 10.0. The molecule has 0 amide bonds. The molecule has 7 rings (SSSR count). The highest BCUT2D eigenvalue weighted by Gasteiger charge is 2.01. The molecule has 390 valence electrons. The van der Waals surface area contributed by atoms with Gasteiger partial charge in [0.25, 0.3) is 0 Å². The Kier molecular flexibility index (Phi) is 58.3. The Balaban J connectivity index is 0.000000417. The Morgan fingerprint density at radius 3 is 0.0615 bits per heavy atom. The van der Waals surface area contributed by atoms with Crippen LogP contribution in [0.5, 0.6) is 0 Å². The van der Waals surface area contributed by atoms with Gasteiger partial charge >= 0.3 is 0 Å². The summed E-state index contributed by atoms with van der Waals surface area (Å²) in [5, 5.41) is 0. The fourth-order valence-electron chi connectivity index (χ4n) is 9.66. The fourth-order valence-corrected chi connectivity index (χ4v) is 9.66. The molecule has 0 nitrogen and oxygen atoms in total. The summed E-state index contributed by atoms with van der Waals surface area (Å²) in [7, 11) is 0. The summed E-state index contributed by atoms with van der Waals surface area (Å²) in [6, 6.07) is 0. The predicted octanol–water partition coefficient (Wildman–Crippen LogP) is 25.4. The molecule has 7 fully saturated rings. The van der Waals surface area contributed by atoms with E-state index < -0.39 is 0 Å². The van der Waals surface area contributed by atoms with Crippen LogP contribution < -0.4 is 0 Å². The summed E-state index contributed by atoms with van der Waals surface area (Å²) in [6.45, 7) is 0. The van der Waals surface area contributed by atoms with Gasteiger partial charge in [-0.25, -0.2) is 0 Å². The van der Waals surface area contributed by atoms with Crippen molar-refractivity contribution in [3.63, 3.8) is 0 Å². The first-order valence-electron chi connectivity index (χ1n) is 32.5. The molecule has 0 aliphatic heterocycles. The van der Waals surface area contributed by atoms with E-state index in [9.17, 15) is 0 Å². The Hall–Kier alpha value is 0. The van der Waals surface area contributed by atoms with Gasteiger partial charge in [0.2, 0.25) is 0 Å². The molecule has 0 atom stereocenters. The molecule has 0 bridgehead atoms. The monoisotopic (exact) mass is 911 g/mol. The molecule has 65 heavy (non-hydrogen) atoms. The zero-order chi connectivity index (χ0) is 46.0. The Bertz CT molecular complexity index is 520. The van der Waals surface area contributed by atoms with E-state index in [1.165, 1.54) is 417 Å². The maximum atomic E-state index is 1.50. The van der Waals surface area contributed by atoms with Crippen LogP contribution in [0.2, 0.25) is 0 Å². The molecule has 0 spiro atoms. The standard InChI is InChI=1S/C20H40.C16H32.C13H26.4C4H8/c1-2-4-6-8-10-12-14-16-18-20-19-17-15-13-11-9-7-5-3-1;1-2-4-6-8-10-12-14-16-15-13-11-9-7-5-3-1;1-2-4-6-8-10-12-13-11-9-7-5-3-1;4*1-2-4-3-1/h1-20H2;1-16H2;1-13H2;4*1-4H2. The predicted molar refractivity (Wildman–Crippen MR) is 300 cm³/mol. The quantitative estimate of drug-likeness (QED) is 0.227. The van der Waals surface area contributed by atoms with Crippen LogP contribution in [-0.2, 0) is 0 Å². The van der Waals surface area contributed by atoms with Crippen molar-refractivity contribution >= 4 is 0 Å². The highest BCUT2D eigenvalue weighted by Crippen LogP contribution is 2.21. The molecule has 0 aromatic rings. The minimum Gasteiger partial charge on any atom is -0.0533 e. The molecule has 7 saturated carbocycles. The number of rotatable bonds is 0. The summed E-state index contributed by atoms with van der Waals surface area (Å²) in [4.78, 5) is 0. The van der Waals surface area contributed by atoms with Crippen LogP contribution in [-0.4, -0.2) is 0 Å². The normalized spacial score (nSPS) is 24.0. The van der Waals surface area contributed by atoms with Crippen LogP contribution in [0, 0.1) is 0 Å². The lowest BCUT2D eigenvalue weighted by molar-refractivity contribution is 0.504. The first-order valence-corrected chi connectivity index (χ1v) is 32.5. The maximum absolute atomic E-state index is 1.50. The third kappa shape index (κ3) is 58.2. The van der Waals surface area contributed by atoms with E-state index in [2.05, 4.69) is 0 Å². The van der Waals surface area contributed by atoms with Gasteiger partial charge in [0.1, 0.15) is 0 Å². The zero-order valence-corrected chi connectivity index (χ0v) is 46.0. The molecule has 0 radical (unpaired) electrons. The average molecular weight is 912 g/mol. The van der Waals surface area contributed by atoms with E-state index >= 15 is 0 Å². The first kappa shape index (κ1) is 63.0. The van der Waals surface area contributed by atoms with Crippen LogP contribution in [0.4, 0.5) is 0 Å². The van der Waals surface area contributed by atoms with E-state index in [0.717, 1.165) is 0 Å². The van der Waals surface area contributed by atoms with Crippen molar-refractivity contribution in [1.82, 2.24) is 0 Å². The van der Waals surface area contributed by atoms with E-state index in [1.807, 2.05) is 0 Å². The second-order valence-electron chi connectivity index (χ2n) is 23.0. The number of hydrogen-bond acceptors (Lipinski definition) is 0. The molecule has 0 aromatic carbocycles. The molecule has 0 N–H and O–H groups in total. The Labute approximate surface area is 415 Å². The van der Waals surface area contributed by atoms with Crippen molar-refractivity contribution in [3.05, 3.63) is 0 Å². The molecule has 0 unspecified atom stereocenters. The van der Waals surface area contributed by atoms with Gasteiger partial charge in [0.05, 0.1) is 0 Å². The summed E-state index contributed by atoms with van der Waals surface area (Å²) in [5.74, 6) is 0. The summed E-state index contributed by atoms with van der Waals surface area (Å²) in [6.07, 6.45) is 97.5. The minimum atomic E-state index is 1.50. The Morgan fingerprint density at radius 2 is 0.0462 bits per heavy atom. The first-order chi connectivity index (χ1) is 32.5. The van der Waals surface area contributed by atoms with Crippen LogP contribution in [0.1, 0.15) is 417 Å². The molecule has 7 aliphatic rings. The van der Waals surface area contributed by atoms with E-state index in [4.69, 9.17) is 0 Å². The van der Waals surface area contributed by atoms with E-state index in [-0.39, 0.29) is 0 Å². The molecular formula is C65H130. The van der Waals surface area contributed by atoms with Crippen molar-refractivity contribution < 1.29 is 0 Å². The van der Waals surface area contributed by atoms with Crippen molar-refractivity contribution in [2.75, 3.05) is 0 Å². The fraction of sp³-hybridized carbons (Fsp3) is 1.00. The van der Waals surface area contributed by atoms with Crippen molar-refractivity contribution in [2.45, 2.75) is 417 Å². The topological polar surface area (TPSA) is 0 Å². The third-order valence-electron chi connectivity index (χ3n) is 16.2. The summed E-state index contributed by atoms with van der Waals surface area (Å²) < 4.78 is 0. The van der Waals surface area contributed by atoms with Crippen LogP contribution in [0.15, 0.2) is 0 Å². The van der Waals surface area contributed by atoms with E-state index in [1.54, 1.807) is 0 Å². The lowest BCUT2D eigenvalue weighted by Gasteiger charge is -2.05. The molecule has 0 saturated heterocycles. The van der Waals surface area contributed by atoms with Gasteiger partial charge in [-0.1, -0.05) is 417 Å². The van der Waals surface area contributed by atoms with Gasteiger partial charge in [-0.05, 0) is 0 Å². The molecule has 7 aliphatic carbocycles. The van der Waals surface area contributed by atoms with Gasteiger partial charge in [0.15, 0.2) is 0 Å². The van der Waals surface area contributed by atoms with Gasteiger partial charge < -0.3 is 0 Å². The summed E-state index contributed by atoms with van der Waals surface area (Å²) >= 11 is 0. The second kappa shape index (κ2) is 60.1. The van der Waals surface area contributed by atoms with Gasteiger partial charge in [-0.2, -0.15) is 0 Å². The summed E-state index contributed by atoms with van der Waals surface area (Å²) in [5.41, 5.74) is 0. The van der Waals surface area contributed by atoms with Crippen LogP contribution in [0.3, 0.4) is 0 Å². The van der Waals surface area contributed by atoms with Gasteiger partial charge in [-0.3, -0.25) is 0 Å². The van der Waals surface area contributed by atoms with E-state index in [0.29, 0.717) is 0 Å². The Morgan fingerprint density at radius 1 is 0.0308 bits per heavy atom. The smallest absolute Gasteiger partial charge is 0.0533 e.